The van der Waals surface area contributed by atoms with Crippen molar-refractivity contribution in [2.24, 2.45) is 0 Å². The molecule has 0 aliphatic rings. The molecule has 0 radical (unpaired) electrons. The molecule has 0 spiro atoms. The first-order chi connectivity index (χ1) is 16.6. The first-order valence-corrected chi connectivity index (χ1v) is 13.0. The zero-order chi connectivity index (χ0) is 23.8. The van der Waals surface area contributed by atoms with Crippen molar-refractivity contribution in [3.63, 3.8) is 0 Å². The summed E-state index contributed by atoms with van der Waals surface area (Å²) in [6.45, 7) is 0. The van der Waals surface area contributed by atoms with Gasteiger partial charge in [-0.05, 0) is 42.5 Å². The van der Waals surface area contributed by atoms with Crippen LogP contribution in [-0.4, -0.2) is 28.8 Å². The van der Waals surface area contributed by atoms with Gasteiger partial charge in [0, 0.05) is 22.3 Å². The van der Waals surface area contributed by atoms with E-state index < -0.39 is 0 Å². The van der Waals surface area contributed by atoms with E-state index in [0.717, 1.165) is 48.1 Å². The van der Waals surface area contributed by atoms with Gasteiger partial charge in [-0.3, -0.25) is 4.79 Å². The first kappa shape index (κ1) is 24.0. The number of aryl methyl sites for hydroxylation is 1. The number of nitrogens with one attached hydrogen (secondary N) is 1. The maximum atomic E-state index is 12.2. The number of benzene rings is 2. The third-order valence-corrected chi connectivity index (χ3v) is 7.45. The number of unbranched alkanes of at least 4 members (excludes halogenated alkanes) is 2. The van der Waals surface area contributed by atoms with Gasteiger partial charge in [-0.1, -0.05) is 72.8 Å². The number of rotatable bonds is 10. The van der Waals surface area contributed by atoms with Crippen LogP contribution < -0.4 is 5.56 Å². The monoisotopic (exact) mass is 490 g/mol. The molecule has 0 amide bonds. The van der Waals surface area contributed by atoms with Crippen molar-refractivity contribution in [2.75, 3.05) is 12.9 Å². The van der Waals surface area contributed by atoms with Crippen LogP contribution in [0.1, 0.15) is 33.8 Å². The molecular weight excluding hydrogens is 464 g/mol. The van der Waals surface area contributed by atoms with E-state index in [-0.39, 0.29) is 11.5 Å². The highest BCUT2D eigenvalue weighted by Gasteiger charge is 2.09. The number of hydrogen-bond acceptors (Lipinski definition) is 6. The SMILES string of the molecule is COC(=O)c1ccc(CCCCCSc2nc(-c3ccc(-c4ccccc4)cc3)cc(=O)[nH]2)s1. The molecule has 1 N–H and O–H groups in total. The first-order valence-electron chi connectivity index (χ1n) is 11.2. The molecule has 0 aliphatic carbocycles. The van der Waals surface area contributed by atoms with E-state index in [1.54, 1.807) is 17.8 Å². The number of carbonyl (C=O) groups is 1. The fourth-order valence-electron chi connectivity index (χ4n) is 3.59. The van der Waals surface area contributed by atoms with Crippen molar-refractivity contribution in [1.29, 1.82) is 0 Å². The molecule has 7 heteroatoms. The number of nitrogens with zero attached hydrogens (tertiary/aromatic N) is 1. The molecule has 5 nitrogen and oxygen atoms in total. The van der Waals surface area contributed by atoms with Gasteiger partial charge in [0.05, 0.1) is 12.8 Å². The molecule has 4 rings (SSSR count). The molecule has 34 heavy (non-hydrogen) atoms. The standard InChI is InChI=1S/C27H26N2O3S2/c1-32-26(31)24-16-15-22(34-24)10-6-3-7-17-33-27-28-23(18-25(30)29-27)21-13-11-20(12-14-21)19-8-4-2-5-9-19/h2,4-5,8-9,11-16,18H,3,6-7,10,17H2,1H3,(H,28,29,30). The summed E-state index contributed by atoms with van der Waals surface area (Å²) < 4.78 is 4.76. The van der Waals surface area contributed by atoms with Crippen LogP contribution in [0.5, 0.6) is 0 Å². The fourth-order valence-corrected chi connectivity index (χ4v) is 5.43. The zero-order valence-corrected chi connectivity index (χ0v) is 20.6. The minimum Gasteiger partial charge on any atom is -0.465 e. The number of ether oxygens (including phenoxy) is 1. The fraction of sp³-hybridized carbons (Fsp3) is 0.222. The third-order valence-electron chi connectivity index (χ3n) is 5.36. The quantitative estimate of drug-likeness (QED) is 0.120. The van der Waals surface area contributed by atoms with E-state index in [2.05, 4.69) is 34.2 Å². The summed E-state index contributed by atoms with van der Waals surface area (Å²) in [6.07, 6.45) is 4.11. The molecule has 174 valence electrons. The van der Waals surface area contributed by atoms with Gasteiger partial charge in [-0.15, -0.1) is 11.3 Å². The molecule has 0 saturated heterocycles. The van der Waals surface area contributed by atoms with Crippen LogP contribution in [0.4, 0.5) is 0 Å². The Bertz CT molecular complexity index is 1280. The highest BCUT2D eigenvalue weighted by Crippen LogP contribution is 2.25. The summed E-state index contributed by atoms with van der Waals surface area (Å²) in [5.74, 6) is 0.612. The largest absolute Gasteiger partial charge is 0.465 e. The average Bonchev–Trinajstić information content (AvgIpc) is 3.35. The van der Waals surface area contributed by atoms with E-state index in [1.165, 1.54) is 23.3 Å². The van der Waals surface area contributed by atoms with Crippen molar-refractivity contribution in [3.05, 3.63) is 92.9 Å². The molecule has 0 saturated carbocycles. The maximum Gasteiger partial charge on any atom is 0.348 e. The second-order valence-corrected chi connectivity index (χ2v) is 10.0. The molecule has 0 fully saturated rings. The minimum absolute atomic E-state index is 0.140. The number of thioether (sulfide) groups is 1. The maximum absolute atomic E-state index is 12.2. The van der Waals surface area contributed by atoms with Gasteiger partial charge in [-0.2, -0.15) is 0 Å². The van der Waals surface area contributed by atoms with Crippen LogP contribution in [0.3, 0.4) is 0 Å². The average molecular weight is 491 g/mol. The van der Waals surface area contributed by atoms with Gasteiger partial charge in [-0.25, -0.2) is 9.78 Å². The van der Waals surface area contributed by atoms with Crippen molar-refractivity contribution in [2.45, 2.75) is 30.8 Å². The second kappa shape index (κ2) is 11.8. The van der Waals surface area contributed by atoms with E-state index >= 15 is 0 Å². The Hall–Kier alpha value is -3.16. The number of hydrogen-bond donors (Lipinski definition) is 1. The lowest BCUT2D eigenvalue weighted by Gasteiger charge is -2.06. The van der Waals surface area contributed by atoms with Crippen LogP contribution in [-0.2, 0) is 11.2 Å². The van der Waals surface area contributed by atoms with Crippen LogP contribution in [0.15, 0.2) is 82.7 Å². The summed E-state index contributed by atoms with van der Waals surface area (Å²) in [5.41, 5.74) is 3.76. The minimum atomic E-state index is -0.275. The number of esters is 1. The zero-order valence-electron chi connectivity index (χ0n) is 19.0. The van der Waals surface area contributed by atoms with E-state index in [9.17, 15) is 9.59 Å². The van der Waals surface area contributed by atoms with E-state index in [0.29, 0.717) is 15.7 Å². The van der Waals surface area contributed by atoms with Crippen molar-refractivity contribution in [1.82, 2.24) is 9.97 Å². The lowest BCUT2D eigenvalue weighted by Crippen LogP contribution is -2.08. The van der Waals surface area contributed by atoms with Gasteiger partial charge >= 0.3 is 5.97 Å². The third kappa shape index (κ3) is 6.46. The Morgan fingerprint density at radius 2 is 1.68 bits per heavy atom. The van der Waals surface area contributed by atoms with Gasteiger partial charge in [0.2, 0.25) is 0 Å². The molecule has 2 aromatic carbocycles. The second-order valence-electron chi connectivity index (χ2n) is 7.80. The Balaban J connectivity index is 1.27. The predicted octanol–water partition coefficient (Wildman–Crippen LogP) is 6.46. The normalized spacial score (nSPS) is 10.9. The molecule has 2 aromatic heterocycles. The van der Waals surface area contributed by atoms with Crippen molar-refractivity contribution >= 4 is 29.1 Å². The molecule has 4 aromatic rings. The molecule has 0 atom stereocenters. The Kier molecular flexibility index (Phi) is 8.33. The van der Waals surface area contributed by atoms with Gasteiger partial charge in [0.25, 0.3) is 5.56 Å². The highest BCUT2D eigenvalue weighted by atomic mass is 32.2. The molecule has 0 aliphatic heterocycles. The van der Waals surface area contributed by atoms with Gasteiger partial charge in [0.1, 0.15) is 4.88 Å². The summed E-state index contributed by atoms with van der Waals surface area (Å²) in [5, 5.41) is 0.649. The Labute approximate surface area is 207 Å². The van der Waals surface area contributed by atoms with Crippen LogP contribution in [0.2, 0.25) is 0 Å². The summed E-state index contributed by atoms with van der Waals surface area (Å²) >= 11 is 3.07. The van der Waals surface area contributed by atoms with E-state index in [4.69, 9.17) is 4.74 Å². The molecular formula is C27H26N2O3S2. The molecule has 0 unspecified atom stereocenters. The smallest absolute Gasteiger partial charge is 0.348 e. The van der Waals surface area contributed by atoms with Crippen LogP contribution in [0, 0.1) is 0 Å². The lowest BCUT2D eigenvalue weighted by molar-refractivity contribution is 0.0606. The predicted molar refractivity (Wildman–Crippen MR) is 140 cm³/mol. The molecule has 2 heterocycles. The van der Waals surface area contributed by atoms with Crippen molar-refractivity contribution in [3.8, 4) is 22.4 Å². The number of carbonyl (C=O) groups excluding carboxylic acids is 1. The lowest BCUT2D eigenvalue weighted by atomic mass is 10.0. The number of thiophene rings is 1. The Morgan fingerprint density at radius 3 is 2.44 bits per heavy atom. The highest BCUT2D eigenvalue weighted by molar-refractivity contribution is 7.99. The number of aromatic nitrogens is 2. The van der Waals surface area contributed by atoms with Crippen LogP contribution >= 0.6 is 23.1 Å². The van der Waals surface area contributed by atoms with Crippen molar-refractivity contribution < 1.29 is 9.53 Å². The van der Waals surface area contributed by atoms with E-state index in [1.807, 2.05) is 42.5 Å². The summed E-state index contributed by atoms with van der Waals surface area (Å²) in [7, 11) is 1.40. The number of H-pyrrole nitrogens is 1. The summed E-state index contributed by atoms with van der Waals surface area (Å²) in [4.78, 5) is 33.1. The Morgan fingerprint density at radius 1 is 0.941 bits per heavy atom. The summed E-state index contributed by atoms with van der Waals surface area (Å²) in [6, 6.07) is 23.7. The topological polar surface area (TPSA) is 72.0 Å². The van der Waals surface area contributed by atoms with Gasteiger partial charge in [0.15, 0.2) is 5.16 Å². The number of methoxy groups -OCH3 is 1. The molecule has 0 bridgehead atoms. The van der Waals surface area contributed by atoms with Gasteiger partial charge < -0.3 is 9.72 Å². The number of aromatic amines is 1. The van der Waals surface area contributed by atoms with Crippen LogP contribution in [0.25, 0.3) is 22.4 Å².